The predicted molar refractivity (Wildman–Crippen MR) is 97.7 cm³/mol. The molecular formula is C19H21NO5S. The van der Waals surface area contributed by atoms with Crippen molar-refractivity contribution in [2.24, 2.45) is 0 Å². The Morgan fingerprint density at radius 1 is 1.19 bits per heavy atom. The summed E-state index contributed by atoms with van der Waals surface area (Å²) in [5.74, 6) is 0.288. The first-order valence-corrected chi connectivity index (χ1v) is 9.26. The standard InChI is InChI=1S/C19H21NO5S/c1-23-17-9-14(19(22)24-2)3-6-16(17)25-11-18(21)20(15-4-5-15)10-13-7-8-26-12-13/h3,6-9,12,15H,4-5,10-11H2,1-2H3. The van der Waals surface area contributed by atoms with Crippen molar-refractivity contribution in [1.29, 1.82) is 0 Å². The second kappa shape index (κ2) is 8.23. The van der Waals surface area contributed by atoms with Crippen molar-refractivity contribution < 1.29 is 23.8 Å². The molecule has 0 unspecified atom stereocenters. The zero-order chi connectivity index (χ0) is 18.5. The van der Waals surface area contributed by atoms with Gasteiger partial charge in [0.05, 0.1) is 19.8 Å². The summed E-state index contributed by atoms with van der Waals surface area (Å²) in [5.41, 5.74) is 1.50. The Hall–Kier alpha value is -2.54. The van der Waals surface area contributed by atoms with Gasteiger partial charge in [0, 0.05) is 12.6 Å². The van der Waals surface area contributed by atoms with Crippen LogP contribution in [-0.2, 0) is 16.1 Å². The van der Waals surface area contributed by atoms with Crippen LogP contribution >= 0.6 is 11.3 Å². The molecule has 1 heterocycles. The fourth-order valence-electron chi connectivity index (χ4n) is 2.64. The van der Waals surface area contributed by atoms with Crippen molar-refractivity contribution in [2.45, 2.75) is 25.4 Å². The molecule has 1 amide bonds. The van der Waals surface area contributed by atoms with Gasteiger partial charge < -0.3 is 19.1 Å². The molecule has 1 saturated carbocycles. The third-order valence-corrected chi connectivity index (χ3v) is 4.91. The topological polar surface area (TPSA) is 65.1 Å². The lowest BCUT2D eigenvalue weighted by Crippen LogP contribution is -2.36. The van der Waals surface area contributed by atoms with E-state index in [9.17, 15) is 9.59 Å². The molecule has 6 nitrogen and oxygen atoms in total. The van der Waals surface area contributed by atoms with Gasteiger partial charge in [-0.2, -0.15) is 11.3 Å². The van der Waals surface area contributed by atoms with Gasteiger partial charge in [-0.15, -0.1) is 0 Å². The van der Waals surface area contributed by atoms with Crippen LogP contribution in [0.1, 0.15) is 28.8 Å². The van der Waals surface area contributed by atoms with E-state index in [1.165, 1.54) is 20.3 Å². The summed E-state index contributed by atoms with van der Waals surface area (Å²) >= 11 is 1.62. The summed E-state index contributed by atoms with van der Waals surface area (Å²) in [5, 5.41) is 4.06. The monoisotopic (exact) mass is 375 g/mol. The molecule has 0 N–H and O–H groups in total. The lowest BCUT2D eigenvalue weighted by atomic mass is 10.2. The number of ether oxygens (including phenoxy) is 3. The van der Waals surface area contributed by atoms with Crippen LogP contribution in [0.5, 0.6) is 11.5 Å². The minimum atomic E-state index is -0.457. The van der Waals surface area contributed by atoms with Gasteiger partial charge in [0.1, 0.15) is 0 Å². The number of benzene rings is 1. The van der Waals surface area contributed by atoms with E-state index in [-0.39, 0.29) is 12.5 Å². The SMILES string of the molecule is COC(=O)c1ccc(OCC(=O)N(Cc2ccsc2)C2CC2)c(OC)c1. The number of carbonyl (C=O) groups is 2. The predicted octanol–water partition coefficient (Wildman–Crippen LogP) is 3.11. The first-order valence-electron chi connectivity index (χ1n) is 8.32. The molecule has 7 heteroatoms. The van der Waals surface area contributed by atoms with Gasteiger partial charge in [-0.25, -0.2) is 4.79 Å². The second-order valence-corrected chi connectivity index (χ2v) is 6.81. The van der Waals surface area contributed by atoms with Crippen molar-refractivity contribution >= 4 is 23.2 Å². The molecule has 0 radical (unpaired) electrons. The Morgan fingerprint density at radius 3 is 2.62 bits per heavy atom. The largest absolute Gasteiger partial charge is 0.493 e. The molecule has 1 aromatic heterocycles. The molecule has 1 aromatic carbocycles. The first kappa shape index (κ1) is 18.3. The van der Waals surface area contributed by atoms with E-state index in [2.05, 4.69) is 5.38 Å². The van der Waals surface area contributed by atoms with Crippen LogP contribution in [0, 0.1) is 0 Å². The Morgan fingerprint density at radius 2 is 2.00 bits per heavy atom. The van der Waals surface area contributed by atoms with Crippen LogP contribution in [0.25, 0.3) is 0 Å². The minimum absolute atomic E-state index is 0.0576. The highest BCUT2D eigenvalue weighted by Gasteiger charge is 2.32. The van der Waals surface area contributed by atoms with E-state index < -0.39 is 5.97 Å². The molecule has 138 valence electrons. The van der Waals surface area contributed by atoms with Crippen molar-refractivity contribution in [3.05, 3.63) is 46.2 Å². The van der Waals surface area contributed by atoms with Gasteiger partial charge in [-0.1, -0.05) is 0 Å². The number of thiophene rings is 1. The maximum atomic E-state index is 12.6. The van der Waals surface area contributed by atoms with Gasteiger partial charge >= 0.3 is 5.97 Å². The van der Waals surface area contributed by atoms with Gasteiger partial charge in [-0.3, -0.25) is 4.79 Å². The zero-order valence-corrected chi connectivity index (χ0v) is 15.6. The average Bonchev–Trinajstić information content (AvgIpc) is 3.38. The quantitative estimate of drug-likeness (QED) is 0.664. The lowest BCUT2D eigenvalue weighted by Gasteiger charge is -2.22. The number of hydrogen-bond donors (Lipinski definition) is 0. The summed E-state index contributed by atoms with van der Waals surface area (Å²) in [7, 11) is 2.80. The van der Waals surface area contributed by atoms with Crippen molar-refractivity contribution in [2.75, 3.05) is 20.8 Å². The summed E-state index contributed by atoms with van der Waals surface area (Å²) in [4.78, 5) is 26.1. The zero-order valence-electron chi connectivity index (χ0n) is 14.8. The van der Waals surface area contributed by atoms with Crippen molar-refractivity contribution in [3.63, 3.8) is 0 Å². The number of carbonyl (C=O) groups excluding carboxylic acids is 2. The number of methoxy groups -OCH3 is 2. The van der Waals surface area contributed by atoms with Crippen LogP contribution < -0.4 is 9.47 Å². The Bertz CT molecular complexity index is 770. The van der Waals surface area contributed by atoms with Crippen LogP contribution in [-0.4, -0.2) is 43.6 Å². The molecule has 3 rings (SSSR count). The fraction of sp³-hybridized carbons (Fsp3) is 0.368. The van der Waals surface area contributed by atoms with E-state index >= 15 is 0 Å². The lowest BCUT2D eigenvalue weighted by molar-refractivity contribution is -0.134. The highest BCUT2D eigenvalue weighted by atomic mass is 32.1. The molecule has 0 bridgehead atoms. The fourth-order valence-corrected chi connectivity index (χ4v) is 3.30. The summed E-state index contributed by atoms with van der Waals surface area (Å²) in [6.45, 7) is 0.531. The molecule has 26 heavy (non-hydrogen) atoms. The number of nitrogens with zero attached hydrogens (tertiary/aromatic N) is 1. The summed E-state index contributed by atoms with van der Waals surface area (Å²) in [6.07, 6.45) is 2.07. The van der Waals surface area contributed by atoms with Gasteiger partial charge in [0.25, 0.3) is 5.91 Å². The third kappa shape index (κ3) is 4.35. The molecule has 1 aliphatic carbocycles. The van der Waals surface area contributed by atoms with Gasteiger partial charge in [0.2, 0.25) is 0 Å². The smallest absolute Gasteiger partial charge is 0.337 e. The molecule has 1 fully saturated rings. The Balaban J connectivity index is 1.65. The molecule has 0 atom stereocenters. The molecular weight excluding hydrogens is 354 g/mol. The second-order valence-electron chi connectivity index (χ2n) is 6.03. The minimum Gasteiger partial charge on any atom is -0.493 e. The van der Waals surface area contributed by atoms with E-state index in [0.717, 1.165) is 18.4 Å². The van der Waals surface area contributed by atoms with Crippen LogP contribution in [0.15, 0.2) is 35.0 Å². The maximum absolute atomic E-state index is 12.6. The van der Waals surface area contributed by atoms with E-state index in [1.807, 2.05) is 16.3 Å². The van der Waals surface area contributed by atoms with E-state index in [4.69, 9.17) is 14.2 Å². The summed E-state index contributed by atoms with van der Waals surface area (Å²) < 4.78 is 15.6. The van der Waals surface area contributed by atoms with Crippen LogP contribution in [0.2, 0.25) is 0 Å². The number of esters is 1. The highest BCUT2D eigenvalue weighted by molar-refractivity contribution is 7.07. The van der Waals surface area contributed by atoms with Crippen LogP contribution in [0.3, 0.4) is 0 Å². The van der Waals surface area contributed by atoms with Gasteiger partial charge in [0.15, 0.2) is 18.1 Å². The summed E-state index contributed by atoms with van der Waals surface area (Å²) in [6, 6.07) is 7.06. The van der Waals surface area contributed by atoms with Gasteiger partial charge in [-0.05, 0) is 53.4 Å². The maximum Gasteiger partial charge on any atom is 0.337 e. The third-order valence-electron chi connectivity index (χ3n) is 4.18. The Kier molecular flexibility index (Phi) is 5.78. The normalized spacial score (nSPS) is 13.2. The van der Waals surface area contributed by atoms with Crippen LogP contribution in [0.4, 0.5) is 0 Å². The van der Waals surface area contributed by atoms with Crippen molar-refractivity contribution in [1.82, 2.24) is 4.90 Å². The molecule has 0 aliphatic heterocycles. The van der Waals surface area contributed by atoms with E-state index in [0.29, 0.717) is 29.6 Å². The number of rotatable bonds is 8. The number of hydrogen-bond acceptors (Lipinski definition) is 6. The van der Waals surface area contributed by atoms with E-state index in [1.54, 1.807) is 23.5 Å². The molecule has 0 saturated heterocycles. The highest BCUT2D eigenvalue weighted by Crippen LogP contribution is 2.31. The first-order chi connectivity index (χ1) is 12.6. The van der Waals surface area contributed by atoms with Crippen molar-refractivity contribution in [3.8, 4) is 11.5 Å². The molecule has 0 spiro atoms. The molecule has 2 aromatic rings. The Labute approximate surface area is 156 Å². The number of amides is 1. The average molecular weight is 375 g/mol. The molecule has 1 aliphatic rings.